The molecule has 1 aliphatic heterocycles. The first-order valence-electron chi connectivity index (χ1n) is 10.8. The first kappa shape index (κ1) is 24.4. The molecule has 184 valence electrons. The normalized spacial score (nSPS) is 15.5. The van der Waals surface area contributed by atoms with E-state index in [1.807, 2.05) is 6.07 Å². The quantitative estimate of drug-likeness (QED) is 0.474. The Morgan fingerprint density at radius 2 is 1.97 bits per heavy atom. The van der Waals surface area contributed by atoms with Crippen molar-refractivity contribution in [1.29, 1.82) is 5.26 Å². The maximum Gasteiger partial charge on any atom is 0.243 e. The van der Waals surface area contributed by atoms with Crippen molar-refractivity contribution in [3.05, 3.63) is 59.2 Å². The van der Waals surface area contributed by atoms with Crippen molar-refractivity contribution in [3.8, 4) is 23.3 Å². The molecule has 4 rings (SSSR count). The van der Waals surface area contributed by atoms with E-state index in [0.29, 0.717) is 41.6 Å². The van der Waals surface area contributed by atoms with Crippen molar-refractivity contribution in [2.45, 2.75) is 25.4 Å². The molecule has 1 fully saturated rings. The van der Waals surface area contributed by atoms with Gasteiger partial charge >= 0.3 is 0 Å². The fourth-order valence-electron chi connectivity index (χ4n) is 3.93. The molecule has 0 unspecified atom stereocenters. The lowest BCUT2D eigenvalue weighted by molar-refractivity contribution is 0.103. The monoisotopic (exact) mass is 501 g/mol. The van der Waals surface area contributed by atoms with Gasteiger partial charge < -0.3 is 14.2 Å². The summed E-state index contributed by atoms with van der Waals surface area (Å²) in [5.74, 6) is 0.277. The lowest BCUT2D eigenvalue weighted by Crippen LogP contribution is -2.22. The zero-order valence-electron chi connectivity index (χ0n) is 19.2. The number of aromatic nitrogens is 3. The second kappa shape index (κ2) is 10.3. The van der Waals surface area contributed by atoms with Gasteiger partial charge in [0.05, 0.1) is 31.6 Å². The Balaban J connectivity index is 1.70. The summed E-state index contributed by atoms with van der Waals surface area (Å²) in [6, 6.07) is 10.7. The molecule has 1 N–H and O–H groups in total. The Hall–Kier alpha value is -3.69. The highest BCUT2D eigenvalue weighted by Crippen LogP contribution is 2.38. The lowest BCUT2D eigenvalue weighted by Gasteiger charge is -2.19. The third-order valence-corrected chi connectivity index (χ3v) is 6.85. The van der Waals surface area contributed by atoms with Gasteiger partial charge in [-0.1, -0.05) is 12.1 Å². The molecule has 1 aromatic heterocycles. The number of nitrogens with zero attached hydrogens (tertiary/aromatic N) is 4. The molecule has 12 heteroatoms. The van der Waals surface area contributed by atoms with Crippen molar-refractivity contribution in [2.75, 3.05) is 31.3 Å². The second-order valence-electron chi connectivity index (χ2n) is 7.81. The molecule has 0 amide bonds. The van der Waals surface area contributed by atoms with Gasteiger partial charge in [-0.2, -0.15) is 5.26 Å². The minimum absolute atomic E-state index is 0.00319. The van der Waals surface area contributed by atoms with Crippen LogP contribution >= 0.6 is 0 Å². The van der Waals surface area contributed by atoms with E-state index in [4.69, 9.17) is 14.2 Å². The van der Waals surface area contributed by atoms with Crippen LogP contribution in [-0.4, -0.2) is 49.8 Å². The van der Waals surface area contributed by atoms with Crippen molar-refractivity contribution < 1.29 is 27.0 Å². The number of aryl methyl sites for hydroxylation is 1. The molecule has 0 saturated carbocycles. The number of nitrogens with one attached hydrogen (secondary N) is 1. The van der Waals surface area contributed by atoms with E-state index in [2.05, 4.69) is 14.9 Å². The summed E-state index contributed by atoms with van der Waals surface area (Å²) >= 11 is 0. The highest BCUT2D eigenvalue weighted by molar-refractivity contribution is 7.92. The minimum Gasteiger partial charge on any atom is -0.494 e. The number of anilines is 1. The Morgan fingerprint density at radius 3 is 2.60 bits per heavy atom. The molecule has 1 saturated heterocycles. The van der Waals surface area contributed by atoms with E-state index in [1.54, 1.807) is 18.2 Å². The zero-order chi connectivity index (χ0) is 25.0. The molecule has 0 bridgehead atoms. The Labute approximate surface area is 202 Å². The zero-order valence-corrected chi connectivity index (χ0v) is 20.0. The number of methoxy groups -OCH3 is 2. The summed E-state index contributed by atoms with van der Waals surface area (Å²) in [6.07, 6.45) is 1.15. The van der Waals surface area contributed by atoms with E-state index in [1.165, 1.54) is 30.9 Å². The molecular weight excluding hydrogens is 477 g/mol. The maximum atomic E-state index is 13.4. The number of para-hydroxylation sites is 1. The summed E-state index contributed by atoms with van der Waals surface area (Å²) in [5, 5.41) is 17.6. The highest BCUT2D eigenvalue weighted by Gasteiger charge is 2.30. The summed E-state index contributed by atoms with van der Waals surface area (Å²) < 4.78 is 60.3. The number of hydrogen-bond acceptors (Lipinski definition) is 8. The van der Waals surface area contributed by atoms with E-state index in [9.17, 15) is 18.1 Å². The van der Waals surface area contributed by atoms with Gasteiger partial charge in [0.15, 0.2) is 5.82 Å². The fraction of sp³-hybridized carbons (Fsp3) is 0.348. The van der Waals surface area contributed by atoms with Crippen LogP contribution < -0.4 is 14.2 Å². The average Bonchev–Trinajstić information content (AvgIpc) is 3.52. The van der Waals surface area contributed by atoms with Crippen LogP contribution in [0, 0.1) is 17.1 Å². The van der Waals surface area contributed by atoms with E-state index >= 15 is 0 Å². The van der Waals surface area contributed by atoms with Crippen LogP contribution in [0.2, 0.25) is 0 Å². The molecule has 35 heavy (non-hydrogen) atoms. The van der Waals surface area contributed by atoms with E-state index in [0.717, 1.165) is 12.5 Å². The third-order valence-electron chi connectivity index (χ3n) is 5.61. The Morgan fingerprint density at radius 1 is 1.23 bits per heavy atom. The number of rotatable bonds is 9. The molecule has 1 aliphatic rings. The SMILES string of the molecule is COc1cccc(OC)c1-n1c(NS(=O)(=O)CCc2ccc(F)cc2C#N)nnc1[C@@H]1CCCO1. The standard InChI is InChI=1S/C23H24FN5O5S/c1-32-18-5-3-6-19(33-2)21(18)29-22(20-7-4-11-34-20)26-27-23(29)28-35(30,31)12-10-15-8-9-17(24)13-16(15)14-25/h3,5-6,8-9,13,20H,4,7,10-12H2,1-2H3,(H,27,28)/t20-/m0/s1. The van der Waals surface area contributed by atoms with Gasteiger partial charge in [0.2, 0.25) is 16.0 Å². The number of ether oxygens (including phenoxy) is 3. The van der Waals surface area contributed by atoms with E-state index < -0.39 is 15.8 Å². The average molecular weight is 502 g/mol. The van der Waals surface area contributed by atoms with Crippen molar-refractivity contribution in [3.63, 3.8) is 0 Å². The number of nitriles is 1. The molecule has 2 aromatic carbocycles. The molecule has 0 spiro atoms. The molecule has 0 aliphatic carbocycles. The smallest absolute Gasteiger partial charge is 0.243 e. The van der Waals surface area contributed by atoms with Gasteiger partial charge in [0.1, 0.15) is 29.1 Å². The van der Waals surface area contributed by atoms with Crippen molar-refractivity contribution in [1.82, 2.24) is 14.8 Å². The van der Waals surface area contributed by atoms with Crippen LogP contribution in [0.1, 0.15) is 35.9 Å². The number of halogens is 1. The predicted molar refractivity (Wildman–Crippen MR) is 125 cm³/mol. The summed E-state index contributed by atoms with van der Waals surface area (Å²) in [6.45, 7) is 0.556. The second-order valence-corrected chi connectivity index (χ2v) is 9.66. The van der Waals surface area contributed by atoms with Crippen LogP contribution in [-0.2, 0) is 21.2 Å². The van der Waals surface area contributed by atoms with Crippen LogP contribution in [0.3, 0.4) is 0 Å². The van der Waals surface area contributed by atoms with Gasteiger partial charge in [-0.25, -0.2) is 12.8 Å². The highest BCUT2D eigenvalue weighted by atomic mass is 32.2. The van der Waals surface area contributed by atoms with Gasteiger partial charge in [0, 0.05) is 6.61 Å². The Bertz CT molecular complexity index is 1340. The number of hydrogen-bond donors (Lipinski definition) is 1. The molecular formula is C23H24FN5O5S. The minimum atomic E-state index is -3.95. The maximum absolute atomic E-state index is 13.4. The molecule has 1 atom stereocenters. The summed E-state index contributed by atoms with van der Waals surface area (Å²) in [5.41, 5.74) is 0.936. The predicted octanol–water partition coefficient (Wildman–Crippen LogP) is 3.13. The van der Waals surface area contributed by atoms with Gasteiger partial charge in [-0.3, -0.25) is 9.29 Å². The van der Waals surface area contributed by atoms with E-state index in [-0.39, 0.29) is 29.8 Å². The number of benzene rings is 2. The van der Waals surface area contributed by atoms with Crippen LogP contribution in [0.15, 0.2) is 36.4 Å². The fourth-order valence-corrected chi connectivity index (χ4v) is 4.93. The molecule has 2 heterocycles. The topological polar surface area (TPSA) is 128 Å². The molecule has 10 nitrogen and oxygen atoms in total. The first-order valence-corrected chi connectivity index (χ1v) is 12.5. The number of sulfonamides is 1. The van der Waals surface area contributed by atoms with Crippen LogP contribution in [0.5, 0.6) is 11.5 Å². The molecule has 3 aromatic rings. The van der Waals surface area contributed by atoms with Gasteiger partial charge in [0.25, 0.3) is 0 Å². The summed E-state index contributed by atoms with van der Waals surface area (Å²) in [4.78, 5) is 0. The third kappa shape index (κ3) is 5.21. The lowest BCUT2D eigenvalue weighted by atomic mass is 10.1. The first-order chi connectivity index (χ1) is 16.9. The Kier molecular flexibility index (Phi) is 7.18. The summed E-state index contributed by atoms with van der Waals surface area (Å²) in [7, 11) is -0.959. The largest absolute Gasteiger partial charge is 0.494 e. The van der Waals surface area contributed by atoms with Crippen LogP contribution in [0.4, 0.5) is 10.3 Å². The van der Waals surface area contributed by atoms with Gasteiger partial charge in [-0.15, -0.1) is 10.2 Å². The molecule has 0 radical (unpaired) electrons. The van der Waals surface area contributed by atoms with Crippen molar-refractivity contribution in [2.24, 2.45) is 0 Å². The van der Waals surface area contributed by atoms with Gasteiger partial charge in [-0.05, 0) is 49.1 Å². The van der Waals surface area contributed by atoms with Crippen molar-refractivity contribution >= 4 is 16.0 Å². The van der Waals surface area contributed by atoms with Crippen LogP contribution in [0.25, 0.3) is 5.69 Å².